The van der Waals surface area contributed by atoms with Crippen LogP contribution in [0.5, 0.6) is 0 Å². The van der Waals surface area contributed by atoms with Crippen molar-refractivity contribution in [3.05, 3.63) is 0 Å². The van der Waals surface area contributed by atoms with Gasteiger partial charge in [0.05, 0.1) is 0 Å². The van der Waals surface area contributed by atoms with E-state index in [0.29, 0.717) is 10.8 Å². The highest BCUT2D eigenvalue weighted by Crippen LogP contribution is 2.75. The minimum atomic E-state index is 0.678. The van der Waals surface area contributed by atoms with E-state index in [0.717, 1.165) is 47.3 Å². The van der Waals surface area contributed by atoms with Gasteiger partial charge in [0.1, 0.15) is 0 Å². The molecular weight excluding hydrogens is 252 g/mol. The van der Waals surface area contributed by atoms with Gasteiger partial charge in [-0.15, -0.1) is 0 Å². The van der Waals surface area contributed by atoms with Crippen molar-refractivity contribution in [1.82, 2.24) is 0 Å². The molecule has 0 heteroatoms. The predicted octanol–water partition coefficient (Wildman–Crippen LogP) is 6.01. The zero-order chi connectivity index (χ0) is 15.2. The molecule has 0 saturated heterocycles. The lowest BCUT2D eigenvalue weighted by atomic mass is 9.66. The van der Waals surface area contributed by atoms with Gasteiger partial charge in [-0.25, -0.2) is 0 Å². The van der Waals surface area contributed by atoms with Crippen LogP contribution in [0.1, 0.15) is 73.6 Å². The van der Waals surface area contributed by atoms with Gasteiger partial charge in [0.15, 0.2) is 0 Å². The van der Waals surface area contributed by atoms with Gasteiger partial charge < -0.3 is 0 Å². The van der Waals surface area contributed by atoms with Crippen molar-refractivity contribution < 1.29 is 0 Å². The second-order valence-electron chi connectivity index (χ2n) is 10.4. The van der Waals surface area contributed by atoms with Crippen molar-refractivity contribution in [3.8, 4) is 0 Å². The van der Waals surface area contributed by atoms with Crippen LogP contribution in [-0.4, -0.2) is 0 Å². The zero-order valence-corrected chi connectivity index (χ0v) is 15.2. The SMILES string of the molecule is CC1CC2C(C)C3C4CCC(C(C)C)C4(C)CC3C2(C)C1. The Kier molecular flexibility index (Phi) is 2.98. The Morgan fingerprint density at radius 3 is 2.24 bits per heavy atom. The van der Waals surface area contributed by atoms with Gasteiger partial charge in [0, 0.05) is 0 Å². The third-order valence-corrected chi connectivity index (χ3v) is 9.26. The third kappa shape index (κ3) is 1.63. The normalized spacial score (nSPS) is 62.1. The summed E-state index contributed by atoms with van der Waals surface area (Å²) in [4.78, 5) is 0. The highest BCUT2D eigenvalue weighted by Gasteiger charge is 2.69. The summed E-state index contributed by atoms with van der Waals surface area (Å²) in [6, 6.07) is 0. The molecule has 4 rings (SSSR count). The van der Waals surface area contributed by atoms with E-state index in [2.05, 4.69) is 41.5 Å². The van der Waals surface area contributed by atoms with E-state index in [9.17, 15) is 0 Å². The van der Waals surface area contributed by atoms with Crippen molar-refractivity contribution in [2.24, 2.45) is 58.2 Å². The van der Waals surface area contributed by atoms with Gasteiger partial charge in [0.2, 0.25) is 0 Å². The Labute approximate surface area is 132 Å². The Hall–Kier alpha value is 0. The molecule has 4 aliphatic rings. The topological polar surface area (TPSA) is 0 Å². The van der Waals surface area contributed by atoms with Crippen LogP contribution >= 0.6 is 0 Å². The molecule has 0 nitrogen and oxygen atoms in total. The molecule has 0 aromatic heterocycles. The predicted molar refractivity (Wildman–Crippen MR) is 89.9 cm³/mol. The lowest BCUT2D eigenvalue weighted by molar-refractivity contribution is 0.0928. The van der Waals surface area contributed by atoms with Crippen LogP contribution in [-0.2, 0) is 0 Å². The quantitative estimate of drug-likeness (QED) is 0.554. The molecule has 120 valence electrons. The minimum Gasteiger partial charge on any atom is -0.0625 e. The molecule has 0 aromatic carbocycles. The molecule has 4 aliphatic carbocycles. The highest BCUT2D eigenvalue weighted by atomic mass is 14.7. The fourth-order valence-corrected chi connectivity index (χ4v) is 8.82. The van der Waals surface area contributed by atoms with Crippen molar-refractivity contribution in [2.45, 2.75) is 73.6 Å². The molecule has 0 amide bonds. The largest absolute Gasteiger partial charge is 0.0625 e. The van der Waals surface area contributed by atoms with Crippen LogP contribution in [0.25, 0.3) is 0 Å². The van der Waals surface area contributed by atoms with Gasteiger partial charge >= 0.3 is 0 Å². The summed E-state index contributed by atoms with van der Waals surface area (Å²) in [6.07, 6.45) is 7.69. The summed E-state index contributed by atoms with van der Waals surface area (Å²) in [5.41, 5.74) is 1.37. The lowest BCUT2D eigenvalue weighted by Crippen LogP contribution is -2.32. The molecular formula is C21H36. The summed E-state index contributed by atoms with van der Waals surface area (Å²) < 4.78 is 0. The Bertz CT molecular complexity index is 437. The Balaban J connectivity index is 1.70. The molecule has 0 N–H and O–H groups in total. The van der Waals surface area contributed by atoms with E-state index in [1.807, 2.05) is 0 Å². The van der Waals surface area contributed by atoms with Crippen LogP contribution in [0.3, 0.4) is 0 Å². The van der Waals surface area contributed by atoms with Gasteiger partial charge in [-0.05, 0) is 90.3 Å². The molecule has 0 aromatic rings. The molecule has 0 radical (unpaired) electrons. The van der Waals surface area contributed by atoms with Crippen LogP contribution in [0, 0.1) is 58.2 Å². The van der Waals surface area contributed by atoms with E-state index in [1.54, 1.807) is 12.8 Å². The summed E-state index contributed by atoms with van der Waals surface area (Å²) in [7, 11) is 0. The first-order valence-electron chi connectivity index (χ1n) is 9.79. The monoisotopic (exact) mass is 288 g/mol. The number of hydrogen-bond donors (Lipinski definition) is 0. The fourth-order valence-electron chi connectivity index (χ4n) is 8.82. The first-order chi connectivity index (χ1) is 9.79. The standard InChI is InChI=1S/C21H36/c1-12(2)15-7-8-16-19-14(4)17-9-13(3)10-20(17,5)18(19)11-21(15,16)6/h12-19H,7-11H2,1-6H3. The Morgan fingerprint density at radius 2 is 1.57 bits per heavy atom. The summed E-state index contributed by atoms with van der Waals surface area (Å²) in [6.45, 7) is 15.5. The summed E-state index contributed by atoms with van der Waals surface area (Å²) >= 11 is 0. The molecule has 0 bridgehead atoms. The first-order valence-corrected chi connectivity index (χ1v) is 9.79. The maximum Gasteiger partial charge on any atom is -0.0261 e. The first kappa shape index (κ1) is 14.6. The minimum absolute atomic E-state index is 0.678. The summed E-state index contributed by atoms with van der Waals surface area (Å²) in [5, 5.41) is 0. The Morgan fingerprint density at radius 1 is 0.857 bits per heavy atom. The summed E-state index contributed by atoms with van der Waals surface area (Å²) in [5.74, 6) is 8.11. The van der Waals surface area contributed by atoms with Crippen molar-refractivity contribution in [3.63, 3.8) is 0 Å². The molecule has 9 unspecified atom stereocenters. The highest BCUT2D eigenvalue weighted by molar-refractivity contribution is 5.17. The van der Waals surface area contributed by atoms with Crippen LogP contribution in [0.2, 0.25) is 0 Å². The van der Waals surface area contributed by atoms with Gasteiger partial charge in [-0.1, -0.05) is 41.5 Å². The molecule has 9 atom stereocenters. The smallest absolute Gasteiger partial charge is 0.0261 e. The van der Waals surface area contributed by atoms with E-state index >= 15 is 0 Å². The lowest BCUT2D eigenvalue weighted by Gasteiger charge is -2.39. The average Bonchev–Trinajstić information content (AvgIpc) is 2.99. The van der Waals surface area contributed by atoms with Crippen LogP contribution in [0.15, 0.2) is 0 Å². The fraction of sp³-hybridized carbons (Fsp3) is 1.00. The van der Waals surface area contributed by atoms with E-state index in [-0.39, 0.29) is 0 Å². The van der Waals surface area contributed by atoms with E-state index < -0.39 is 0 Å². The van der Waals surface area contributed by atoms with Crippen molar-refractivity contribution in [1.29, 1.82) is 0 Å². The van der Waals surface area contributed by atoms with E-state index in [1.165, 1.54) is 19.3 Å². The molecule has 21 heavy (non-hydrogen) atoms. The number of hydrogen-bond acceptors (Lipinski definition) is 0. The van der Waals surface area contributed by atoms with Gasteiger partial charge in [-0.3, -0.25) is 0 Å². The second-order valence-corrected chi connectivity index (χ2v) is 10.4. The van der Waals surface area contributed by atoms with Crippen LogP contribution < -0.4 is 0 Å². The third-order valence-electron chi connectivity index (χ3n) is 9.26. The second kappa shape index (κ2) is 4.30. The van der Waals surface area contributed by atoms with Gasteiger partial charge in [0.25, 0.3) is 0 Å². The molecule has 0 aliphatic heterocycles. The molecule has 0 spiro atoms. The maximum absolute atomic E-state index is 2.69. The van der Waals surface area contributed by atoms with Crippen molar-refractivity contribution in [2.75, 3.05) is 0 Å². The number of rotatable bonds is 1. The van der Waals surface area contributed by atoms with Gasteiger partial charge in [-0.2, -0.15) is 0 Å². The maximum atomic E-state index is 2.69. The van der Waals surface area contributed by atoms with E-state index in [4.69, 9.17) is 0 Å². The molecule has 4 fully saturated rings. The molecule has 0 heterocycles. The average molecular weight is 289 g/mol. The number of fused-ring (bicyclic) bond motifs is 5. The van der Waals surface area contributed by atoms with Crippen LogP contribution in [0.4, 0.5) is 0 Å². The van der Waals surface area contributed by atoms with Crippen molar-refractivity contribution >= 4 is 0 Å². The zero-order valence-electron chi connectivity index (χ0n) is 15.2. The molecule has 4 saturated carbocycles.